The second-order valence-electron chi connectivity index (χ2n) is 8.13. The first-order valence-corrected chi connectivity index (χ1v) is 12.2. The van der Waals surface area contributed by atoms with Gasteiger partial charge in [-0.05, 0) is 38.3 Å². The molecule has 7 nitrogen and oxygen atoms in total. The number of likely N-dealkylation sites (N-methyl/N-ethyl adjacent to an activating group) is 1. The molecule has 0 fully saturated rings. The van der Waals surface area contributed by atoms with E-state index >= 15 is 0 Å². The second-order valence-corrected chi connectivity index (χ2v) is 10.1. The zero-order chi connectivity index (χ0) is 23.4. The maximum atomic E-state index is 13.8. The molecule has 1 aromatic carbocycles. The molecule has 0 saturated carbocycles. The van der Waals surface area contributed by atoms with E-state index in [1.54, 1.807) is 32.7 Å². The first kappa shape index (κ1) is 21.5. The molecule has 4 heterocycles. The van der Waals surface area contributed by atoms with Crippen LogP contribution in [0.25, 0.3) is 5.57 Å². The number of benzene rings is 1. The van der Waals surface area contributed by atoms with Crippen LogP contribution in [0.1, 0.15) is 37.3 Å². The molecule has 0 aliphatic carbocycles. The van der Waals surface area contributed by atoms with Gasteiger partial charge in [-0.1, -0.05) is 35.6 Å². The Morgan fingerprint density at radius 1 is 1.15 bits per heavy atom. The maximum absolute atomic E-state index is 13.8. The molecule has 2 aliphatic rings. The van der Waals surface area contributed by atoms with Gasteiger partial charge in [0.1, 0.15) is 10.6 Å². The van der Waals surface area contributed by atoms with Crippen LogP contribution in [0.15, 0.2) is 62.8 Å². The highest BCUT2D eigenvalue weighted by molar-refractivity contribution is 7.10. The molecule has 1 unspecified atom stereocenters. The quantitative estimate of drug-likeness (QED) is 0.541. The van der Waals surface area contributed by atoms with Gasteiger partial charge in [-0.2, -0.15) is 0 Å². The summed E-state index contributed by atoms with van der Waals surface area (Å²) in [4.78, 5) is 47.4. The molecule has 3 aromatic rings. The largest absolute Gasteiger partial charge is 0.459 e. The molecule has 0 radical (unpaired) electrons. The monoisotopic (exact) mass is 479 g/mol. The fourth-order valence-corrected chi connectivity index (χ4v) is 6.18. The number of esters is 1. The minimum Gasteiger partial charge on any atom is -0.459 e. The summed E-state index contributed by atoms with van der Waals surface area (Å²) in [5.74, 6) is -0.728. The van der Waals surface area contributed by atoms with Crippen molar-refractivity contribution >= 4 is 45.8 Å². The van der Waals surface area contributed by atoms with Crippen molar-refractivity contribution in [2.75, 3.05) is 11.9 Å². The Kier molecular flexibility index (Phi) is 5.18. The summed E-state index contributed by atoms with van der Waals surface area (Å²) < 4.78 is 7.34. The molecule has 33 heavy (non-hydrogen) atoms. The van der Waals surface area contributed by atoms with Gasteiger partial charge < -0.3 is 9.64 Å². The average molecular weight is 480 g/mol. The lowest BCUT2D eigenvalue weighted by Gasteiger charge is -2.24. The van der Waals surface area contributed by atoms with Crippen molar-refractivity contribution in [3.05, 3.63) is 83.2 Å². The smallest absolute Gasteiger partial charge is 0.338 e. The van der Waals surface area contributed by atoms with Crippen molar-refractivity contribution in [1.82, 2.24) is 4.57 Å². The Balaban J connectivity index is 1.81. The van der Waals surface area contributed by atoms with Crippen LogP contribution in [0.3, 0.4) is 0 Å². The summed E-state index contributed by atoms with van der Waals surface area (Å²) in [5, 5.41) is 1.90. The van der Waals surface area contributed by atoms with Gasteiger partial charge in [0.15, 0.2) is 4.80 Å². The SMILES string of the molecule is CC1=C(C(=O)OC(C)C)C(c2cccs2)n2c(s/c(=C3\C(=O)N(C)c4ccccc43)c2=O)=N1. The molecular formula is C24H21N3O4S2. The summed E-state index contributed by atoms with van der Waals surface area (Å²) in [6.07, 6.45) is -0.309. The highest BCUT2D eigenvalue weighted by Gasteiger charge is 2.36. The molecule has 5 rings (SSSR count). The molecule has 1 atom stereocenters. The number of anilines is 1. The average Bonchev–Trinajstić information content (AvgIpc) is 3.46. The van der Waals surface area contributed by atoms with E-state index in [1.807, 2.05) is 41.8 Å². The number of nitrogens with zero attached hydrogens (tertiary/aromatic N) is 3. The van der Waals surface area contributed by atoms with Crippen LogP contribution in [0.5, 0.6) is 0 Å². The lowest BCUT2D eigenvalue weighted by molar-refractivity contribution is -0.143. The summed E-state index contributed by atoms with van der Waals surface area (Å²) in [7, 11) is 1.70. The predicted octanol–water partition coefficient (Wildman–Crippen LogP) is 2.59. The minimum atomic E-state index is -0.661. The number of hydrogen-bond acceptors (Lipinski definition) is 7. The van der Waals surface area contributed by atoms with Gasteiger partial charge in [0, 0.05) is 17.5 Å². The Labute approximate surface area is 197 Å². The number of thiophene rings is 1. The molecule has 0 spiro atoms. The Morgan fingerprint density at radius 3 is 2.61 bits per heavy atom. The topological polar surface area (TPSA) is 81.0 Å². The van der Waals surface area contributed by atoms with Crippen LogP contribution in [0.4, 0.5) is 5.69 Å². The van der Waals surface area contributed by atoms with Crippen LogP contribution < -0.4 is 19.8 Å². The van der Waals surface area contributed by atoms with Crippen molar-refractivity contribution in [2.45, 2.75) is 32.9 Å². The van der Waals surface area contributed by atoms with Crippen LogP contribution >= 0.6 is 22.7 Å². The molecule has 0 saturated heterocycles. The van der Waals surface area contributed by atoms with E-state index in [0.717, 1.165) is 16.1 Å². The van der Waals surface area contributed by atoms with Crippen LogP contribution in [0, 0.1) is 0 Å². The molecule has 2 aliphatic heterocycles. The number of thiazole rings is 1. The lowest BCUT2D eigenvalue weighted by atomic mass is 10.0. The number of allylic oxidation sites excluding steroid dienone is 1. The molecule has 1 amide bonds. The lowest BCUT2D eigenvalue weighted by Crippen LogP contribution is -2.40. The van der Waals surface area contributed by atoms with E-state index in [9.17, 15) is 14.4 Å². The van der Waals surface area contributed by atoms with Gasteiger partial charge in [-0.3, -0.25) is 14.2 Å². The van der Waals surface area contributed by atoms with Gasteiger partial charge >= 0.3 is 5.97 Å². The van der Waals surface area contributed by atoms with Crippen molar-refractivity contribution in [3.8, 4) is 0 Å². The fourth-order valence-electron chi connectivity index (χ4n) is 4.22. The number of ether oxygens (including phenoxy) is 1. The van der Waals surface area contributed by atoms with E-state index in [-0.39, 0.29) is 17.6 Å². The summed E-state index contributed by atoms with van der Waals surface area (Å²) in [6.45, 7) is 5.32. The van der Waals surface area contributed by atoms with Crippen LogP contribution in [-0.4, -0.2) is 29.6 Å². The number of fused-ring (bicyclic) bond motifs is 2. The van der Waals surface area contributed by atoms with Gasteiger partial charge in [0.2, 0.25) is 0 Å². The number of carbonyl (C=O) groups excluding carboxylic acids is 2. The van der Waals surface area contributed by atoms with E-state index in [0.29, 0.717) is 26.2 Å². The van der Waals surface area contributed by atoms with Crippen LogP contribution in [0.2, 0.25) is 0 Å². The normalized spacial score (nSPS) is 19.0. The van der Waals surface area contributed by atoms with E-state index in [4.69, 9.17) is 4.74 Å². The number of amides is 1. The fraction of sp³-hybridized carbons (Fsp3) is 0.250. The Morgan fingerprint density at radius 2 is 1.91 bits per heavy atom. The van der Waals surface area contributed by atoms with Crippen molar-refractivity contribution in [1.29, 1.82) is 0 Å². The van der Waals surface area contributed by atoms with E-state index < -0.39 is 12.0 Å². The van der Waals surface area contributed by atoms with Gasteiger partial charge in [0.05, 0.1) is 28.6 Å². The van der Waals surface area contributed by atoms with Crippen molar-refractivity contribution < 1.29 is 14.3 Å². The second kappa shape index (κ2) is 7.93. The molecule has 9 heteroatoms. The van der Waals surface area contributed by atoms with Crippen molar-refractivity contribution in [2.24, 2.45) is 4.99 Å². The minimum absolute atomic E-state index is 0.232. The van der Waals surface area contributed by atoms with E-state index in [2.05, 4.69) is 4.99 Å². The number of para-hydroxylation sites is 1. The zero-order valence-corrected chi connectivity index (χ0v) is 20.1. The van der Waals surface area contributed by atoms with Gasteiger partial charge in [-0.25, -0.2) is 9.79 Å². The third-order valence-electron chi connectivity index (χ3n) is 5.65. The molecule has 0 bridgehead atoms. The Bertz CT molecular complexity index is 1510. The summed E-state index contributed by atoms with van der Waals surface area (Å²) in [6, 6.07) is 10.5. The standard InChI is InChI=1S/C24H21N3O4S2/c1-12(2)31-23(30)17-13(3)25-24-27(19(17)16-10-7-11-32-16)22(29)20(33-24)18-14-8-5-6-9-15(14)26(4)21(18)28/h5-12,19H,1-4H3/b20-18-. The van der Waals surface area contributed by atoms with Crippen molar-refractivity contribution in [3.63, 3.8) is 0 Å². The predicted molar refractivity (Wildman–Crippen MR) is 128 cm³/mol. The number of carbonyl (C=O) groups is 2. The third-order valence-corrected chi connectivity index (χ3v) is 7.63. The van der Waals surface area contributed by atoms with Gasteiger partial charge in [-0.15, -0.1) is 11.3 Å². The number of aromatic nitrogens is 1. The third kappa shape index (κ3) is 3.30. The molecule has 168 valence electrons. The van der Waals surface area contributed by atoms with E-state index in [1.165, 1.54) is 27.2 Å². The summed E-state index contributed by atoms with van der Waals surface area (Å²) >= 11 is 2.63. The highest BCUT2D eigenvalue weighted by atomic mass is 32.1. The zero-order valence-electron chi connectivity index (χ0n) is 18.5. The first-order valence-electron chi connectivity index (χ1n) is 10.5. The van der Waals surface area contributed by atoms with Gasteiger partial charge in [0.25, 0.3) is 11.5 Å². The maximum Gasteiger partial charge on any atom is 0.338 e. The number of rotatable bonds is 3. The summed E-state index contributed by atoms with van der Waals surface area (Å²) in [5.41, 5.74) is 2.35. The first-order chi connectivity index (χ1) is 15.8. The highest BCUT2D eigenvalue weighted by Crippen LogP contribution is 2.35. The van der Waals surface area contributed by atoms with Crippen LogP contribution in [-0.2, 0) is 14.3 Å². The molecule has 0 N–H and O–H groups in total. The number of hydrogen-bond donors (Lipinski definition) is 0. The Hall–Kier alpha value is -3.30. The molecular weight excluding hydrogens is 458 g/mol. The molecule has 2 aromatic heterocycles.